The van der Waals surface area contributed by atoms with Gasteiger partial charge in [0.15, 0.2) is 0 Å². The highest BCUT2D eigenvalue weighted by Gasteiger charge is 2.19. The minimum atomic E-state index is -1.24. The standard InChI is InChI=1S/C24H18O9/c25-13-14-31-24(30)18-6-2-4-8-20(18)33-23(29)16-11-9-15(10-12-16)22(28)32-19-7-3-1-5-17(19)21(26)27/h1-12,25H,13-14H2,(H,26,27). The molecule has 0 unspecified atom stereocenters. The van der Waals surface area contributed by atoms with Crippen molar-refractivity contribution in [3.05, 3.63) is 95.1 Å². The Morgan fingerprint density at radius 1 is 0.636 bits per heavy atom. The number of hydrogen-bond acceptors (Lipinski definition) is 8. The molecule has 0 aliphatic carbocycles. The molecule has 9 nitrogen and oxygen atoms in total. The molecule has 0 radical (unpaired) electrons. The molecule has 0 bridgehead atoms. The second kappa shape index (κ2) is 10.7. The Balaban J connectivity index is 1.71. The number of carboxylic acids is 1. The van der Waals surface area contributed by atoms with E-state index in [2.05, 4.69) is 0 Å². The third-order valence-electron chi connectivity index (χ3n) is 4.31. The summed E-state index contributed by atoms with van der Waals surface area (Å²) in [6, 6.07) is 17.0. The van der Waals surface area contributed by atoms with Crippen LogP contribution >= 0.6 is 0 Å². The van der Waals surface area contributed by atoms with Gasteiger partial charge < -0.3 is 24.4 Å². The summed E-state index contributed by atoms with van der Waals surface area (Å²) in [5, 5.41) is 18.0. The van der Waals surface area contributed by atoms with Crippen LogP contribution in [-0.2, 0) is 4.74 Å². The highest BCUT2D eigenvalue weighted by atomic mass is 16.6. The Morgan fingerprint density at radius 2 is 1.09 bits per heavy atom. The molecule has 168 valence electrons. The van der Waals surface area contributed by atoms with Gasteiger partial charge in [-0.3, -0.25) is 0 Å². The number of ether oxygens (including phenoxy) is 3. The molecular weight excluding hydrogens is 432 g/mol. The maximum atomic E-state index is 12.5. The van der Waals surface area contributed by atoms with Crippen LogP contribution in [0, 0.1) is 0 Å². The van der Waals surface area contributed by atoms with E-state index in [1.165, 1.54) is 60.7 Å². The third kappa shape index (κ3) is 5.81. The summed E-state index contributed by atoms with van der Waals surface area (Å²) >= 11 is 0. The van der Waals surface area contributed by atoms with E-state index in [0.29, 0.717) is 0 Å². The van der Waals surface area contributed by atoms with Crippen molar-refractivity contribution in [2.24, 2.45) is 0 Å². The van der Waals surface area contributed by atoms with E-state index in [4.69, 9.17) is 19.3 Å². The average molecular weight is 450 g/mol. The Kier molecular flexibility index (Phi) is 7.51. The van der Waals surface area contributed by atoms with E-state index in [1.54, 1.807) is 12.1 Å². The molecule has 0 aliphatic heterocycles. The molecule has 0 saturated carbocycles. The Bertz CT molecular complexity index is 1180. The Labute approximate surface area is 187 Å². The van der Waals surface area contributed by atoms with Crippen LogP contribution in [0.3, 0.4) is 0 Å². The lowest BCUT2D eigenvalue weighted by molar-refractivity contribution is 0.0428. The summed E-state index contributed by atoms with van der Waals surface area (Å²) in [7, 11) is 0. The summed E-state index contributed by atoms with van der Waals surface area (Å²) in [4.78, 5) is 48.2. The zero-order chi connectivity index (χ0) is 23.8. The first-order chi connectivity index (χ1) is 15.9. The number of esters is 3. The van der Waals surface area contributed by atoms with Gasteiger partial charge in [-0.05, 0) is 48.5 Å². The zero-order valence-electron chi connectivity index (χ0n) is 17.1. The van der Waals surface area contributed by atoms with Crippen molar-refractivity contribution < 1.29 is 43.6 Å². The summed E-state index contributed by atoms with van der Waals surface area (Å²) in [6.07, 6.45) is 0. The number of benzene rings is 3. The molecule has 0 aliphatic rings. The number of aromatic carboxylic acids is 1. The van der Waals surface area contributed by atoms with Gasteiger partial charge in [-0.2, -0.15) is 0 Å². The molecule has 3 rings (SSSR count). The predicted octanol–water partition coefficient (Wildman–Crippen LogP) is 2.97. The minimum Gasteiger partial charge on any atom is -0.478 e. The van der Waals surface area contributed by atoms with Crippen molar-refractivity contribution in [2.75, 3.05) is 13.2 Å². The van der Waals surface area contributed by atoms with Gasteiger partial charge in [0.05, 0.1) is 17.7 Å². The number of aliphatic hydroxyl groups is 1. The predicted molar refractivity (Wildman–Crippen MR) is 114 cm³/mol. The fourth-order valence-corrected chi connectivity index (χ4v) is 2.73. The van der Waals surface area contributed by atoms with Crippen LogP contribution in [0.2, 0.25) is 0 Å². The van der Waals surface area contributed by atoms with Crippen LogP contribution in [0.4, 0.5) is 0 Å². The SMILES string of the molecule is O=C(Oc1ccccc1C(=O)O)c1ccc(C(=O)Oc2ccccc2C(=O)OCCO)cc1. The number of para-hydroxylation sites is 2. The third-order valence-corrected chi connectivity index (χ3v) is 4.31. The van der Waals surface area contributed by atoms with Gasteiger partial charge in [0.25, 0.3) is 0 Å². The number of carbonyl (C=O) groups excluding carboxylic acids is 3. The van der Waals surface area contributed by atoms with E-state index in [-0.39, 0.29) is 47.0 Å². The highest BCUT2D eigenvalue weighted by Crippen LogP contribution is 2.22. The van der Waals surface area contributed by atoms with Crippen LogP contribution in [0.15, 0.2) is 72.8 Å². The summed E-state index contributed by atoms with van der Waals surface area (Å²) in [5.74, 6) is -3.72. The lowest BCUT2D eigenvalue weighted by Gasteiger charge is -2.10. The van der Waals surface area contributed by atoms with Gasteiger partial charge in [-0.25, -0.2) is 19.2 Å². The molecule has 0 aromatic heterocycles. The lowest BCUT2D eigenvalue weighted by atomic mass is 10.1. The van der Waals surface area contributed by atoms with Gasteiger partial charge in [0.2, 0.25) is 0 Å². The monoisotopic (exact) mass is 450 g/mol. The second-order valence-corrected chi connectivity index (χ2v) is 6.51. The quantitative estimate of drug-likeness (QED) is 0.392. The molecule has 0 atom stereocenters. The Morgan fingerprint density at radius 3 is 1.58 bits per heavy atom. The molecule has 3 aromatic rings. The molecule has 33 heavy (non-hydrogen) atoms. The summed E-state index contributed by atoms with van der Waals surface area (Å²) < 4.78 is 15.3. The largest absolute Gasteiger partial charge is 0.478 e. The van der Waals surface area contributed by atoms with Crippen molar-refractivity contribution >= 4 is 23.9 Å². The van der Waals surface area contributed by atoms with E-state index in [0.717, 1.165) is 0 Å². The highest BCUT2D eigenvalue weighted by molar-refractivity contribution is 5.98. The molecular formula is C24H18O9. The van der Waals surface area contributed by atoms with Crippen LogP contribution in [0.1, 0.15) is 41.4 Å². The fourth-order valence-electron chi connectivity index (χ4n) is 2.73. The van der Waals surface area contributed by atoms with Gasteiger partial charge >= 0.3 is 23.9 Å². The maximum absolute atomic E-state index is 12.5. The average Bonchev–Trinajstić information content (AvgIpc) is 2.83. The lowest BCUT2D eigenvalue weighted by Crippen LogP contribution is -2.15. The van der Waals surface area contributed by atoms with Gasteiger partial charge in [0.1, 0.15) is 29.2 Å². The normalized spacial score (nSPS) is 10.2. The second-order valence-electron chi connectivity index (χ2n) is 6.51. The minimum absolute atomic E-state index is 0.0107. The van der Waals surface area contributed by atoms with Crippen molar-refractivity contribution in [1.29, 1.82) is 0 Å². The number of carboxylic acid groups (broad SMARTS) is 1. The molecule has 0 heterocycles. The number of carbonyl (C=O) groups is 4. The molecule has 0 saturated heterocycles. The van der Waals surface area contributed by atoms with Gasteiger partial charge in [-0.15, -0.1) is 0 Å². The molecule has 2 N–H and O–H groups in total. The van der Waals surface area contributed by atoms with Crippen molar-refractivity contribution in [3.8, 4) is 11.5 Å². The molecule has 9 heteroatoms. The summed E-state index contributed by atoms with van der Waals surface area (Å²) in [6.45, 7) is -0.542. The molecule has 0 spiro atoms. The van der Waals surface area contributed by atoms with Crippen molar-refractivity contribution in [1.82, 2.24) is 0 Å². The van der Waals surface area contributed by atoms with E-state index in [1.807, 2.05) is 0 Å². The van der Waals surface area contributed by atoms with Gasteiger partial charge in [-0.1, -0.05) is 24.3 Å². The first kappa shape index (κ1) is 23.2. The van der Waals surface area contributed by atoms with Crippen LogP contribution in [-0.4, -0.2) is 47.3 Å². The molecule has 0 fully saturated rings. The van der Waals surface area contributed by atoms with Crippen LogP contribution < -0.4 is 9.47 Å². The van der Waals surface area contributed by atoms with Crippen LogP contribution in [0.25, 0.3) is 0 Å². The zero-order valence-corrected chi connectivity index (χ0v) is 17.1. The van der Waals surface area contributed by atoms with E-state index in [9.17, 15) is 24.3 Å². The molecule has 0 amide bonds. The van der Waals surface area contributed by atoms with E-state index >= 15 is 0 Å². The first-order valence-electron chi connectivity index (χ1n) is 9.64. The van der Waals surface area contributed by atoms with Gasteiger partial charge in [0, 0.05) is 0 Å². The number of rotatable bonds is 8. The summed E-state index contributed by atoms with van der Waals surface area (Å²) in [5.41, 5.74) is 0.0227. The smallest absolute Gasteiger partial charge is 0.343 e. The van der Waals surface area contributed by atoms with E-state index < -0.39 is 23.9 Å². The van der Waals surface area contributed by atoms with Crippen molar-refractivity contribution in [2.45, 2.75) is 0 Å². The van der Waals surface area contributed by atoms with Crippen molar-refractivity contribution in [3.63, 3.8) is 0 Å². The fraction of sp³-hybridized carbons (Fsp3) is 0.0833. The number of hydrogen-bond donors (Lipinski definition) is 2. The maximum Gasteiger partial charge on any atom is 0.343 e. The molecule has 3 aromatic carbocycles. The topological polar surface area (TPSA) is 136 Å². The first-order valence-corrected chi connectivity index (χ1v) is 9.64. The van der Waals surface area contributed by atoms with Crippen LogP contribution in [0.5, 0.6) is 11.5 Å². The number of aliphatic hydroxyl groups excluding tert-OH is 1. The Hall–Kier alpha value is -4.50.